The Morgan fingerprint density at radius 1 is 1.58 bits per heavy atom. The smallest absolute Gasteiger partial charge is 0.220 e. The normalized spacial score (nSPS) is 37.2. The van der Waals surface area contributed by atoms with Gasteiger partial charge in [-0.1, -0.05) is 0 Å². The summed E-state index contributed by atoms with van der Waals surface area (Å²) in [6.07, 6.45) is 3.21. The number of hydrogen-bond donors (Lipinski definition) is 1. The summed E-state index contributed by atoms with van der Waals surface area (Å²) in [7, 11) is 2.14. The first kappa shape index (κ1) is 8.05. The largest absolute Gasteiger partial charge is 0.355 e. The van der Waals surface area contributed by atoms with Crippen LogP contribution in [0.25, 0.3) is 0 Å². The third-order valence-electron chi connectivity index (χ3n) is 3.05. The fraction of sp³-hybridized carbons (Fsp3) is 0.889. The maximum Gasteiger partial charge on any atom is 0.220 e. The van der Waals surface area contributed by atoms with Gasteiger partial charge >= 0.3 is 0 Å². The van der Waals surface area contributed by atoms with Gasteiger partial charge in [0, 0.05) is 24.9 Å². The fourth-order valence-corrected chi connectivity index (χ4v) is 2.49. The van der Waals surface area contributed by atoms with Gasteiger partial charge in [0.2, 0.25) is 5.91 Å². The highest BCUT2D eigenvalue weighted by atomic mass is 16.1. The van der Waals surface area contributed by atoms with Gasteiger partial charge in [0.1, 0.15) is 0 Å². The van der Waals surface area contributed by atoms with Crippen molar-refractivity contribution >= 4 is 5.91 Å². The van der Waals surface area contributed by atoms with Crippen LogP contribution in [0.5, 0.6) is 0 Å². The molecule has 3 heteroatoms. The van der Waals surface area contributed by atoms with Crippen molar-refractivity contribution in [3.05, 3.63) is 0 Å². The Balaban J connectivity index is 2.05. The minimum absolute atomic E-state index is 0.241. The minimum Gasteiger partial charge on any atom is -0.355 e. The molecule has 0 aromatic carbocycles. The molecule has 0 radical (unpaired) electrons. The van der Waals surface area contributed by atoms with Crippen LogP contribution in [0.3, 0.4) is 0 Å². The number of amides is 1. The van der Waals surface area contributed by atoms with Crippen LogP contribution in [-0.4, -0.2) is 37.5 Å². The average molecular weight is 168 g/mol. The van der Waals surface area contributed by atoms with E-state index in [1.165, 1.54) is 19.4 Å². The first-order chi connectivity index (χ1) is 5.70. The molecule has 1 unspecified atom stereocenters. The second-order valence-corrected chi connectivity index (χ2v) is 4.29. The molecule has 2 fully saturated rings. The highest BCUT2D eigenvalue weighted by molar-refractivity contribution is 5.79. The highest BCUT2D eigenvalue weighted by Gasteiger charge is 2.40. The van der Waals surface area contributed by atoms with E-state index in [2.05, 4.69) is 17.3 Å². The lowest BCUT2D eigenvalue weighted by Gasteiger charge is -2.37. The molecule has 1 amide bonds. The summed E-state index contributed by atoms with van der Waals surface area (Å²) < 4.78 is 0. The van der Waals surface area contributed by atoms with Gasteiger partial charge < -0.3 is 10.2 Å². The summed E-state index contributed by atoms with van der Waals surface area (Å²) in [6.45, 7) is 3.18. The number of piperidine rings is 1. The molecule has 2 saturated heterocycles. The zero-order chi connectivity index (χ0) is 8.60. The topological polar surface area (TPSA) is 32.3 Å². The summed E-state index contributed by atoms with van der Waals surface area (Å²) in [5.74, 6) is 0.241. The number of likely N-dealkylation sites (tertiary alicyclic amines) is 1. The molecule has 1 spiro atoms. The molecule has 0 aromatic heterocycles. The van der Waals surface area contributed by atoms with Crippen LogP contribution >= 0.6 is 0 Å². The van der Waals surface area contributed by atoms with Crippen LogP contribution in [-0.2, 0) is 4.79 Å². The SMILES string of the molecule is CN1CCCC2(CNC(=O)C2)C1. The monoisotopic (exact) mass is 168 g/mol. The van der Waals surface area contributed by atoms with Crippen molar-refractivity contribution in [3.8, 4) is 0 Å². The second kappa shape index (κ2) is 2.73. The van der Waals surface area contributed by atoms with Gasteiger partial charge in [-0.2, -0.15) is 0 Å². The average Bonchev–Trinajstić information content (AvgIpc) is 2.32. The lowest BCUT2D eigenvalue weighted by molar-refractivity contribution is -0.119. The molecule has 2 aliphatic heterocycles. The van der Waals surface area contributed by atoms with Gasteiger partial charge in [-0.25, -0.2) is 0 Å². The number of nitrogens with one attached hydrogen (secondary N) is 1. The van der Waals surface area contributed by atoms with Crippen molar-refractivity contribution in [1.82, 2.24) is 10.2 Å². The van der Waals surface area contributed by atoms with E-state index >= 15 is 0 Å². The Morgan fingerprint density at radius 2 is 2.42 bits per heavy atom. The number of rotatable bonds is 0. The lowest BCUT2D eigenvalue weighted by Crippen LogP contribution is -2.42. The molecule has 2 aliphatic rings. The predicted molar refractivity (Wildman–Crippen MR) is 46.8 cm³/mol. The standard InChI is InChI=1S/C9H16N2O/c1-11-4-2-3-9(7-11)5-8(12)10-6-9/h2-7H2,1H3,(H,10,12). The predicted octanol–water partition coefficient (Wildman–Crippen LogP) is 0.218. The second-order valence-electron chi connectivity index (χ2n) is 4.29. The Morgan fingerprint density at radius 3 is 3.00 bits per heavy atom. The van der Waals surface area contributed by atoms with Crippen LogP contribution in [0.2, 0.25) is 0 Å². The van der Waals surface area contributed by atoms with E-state index in [1.54, 1.807) is 0 Å². The Hall–Kier alpha value is -0.570. The van der Waals surface area contributed by atoms with Crippen LogP contribution in [0.1, 0.15) is 19.3 Å². The molecule has 1 atom stereocenters. The molecule has 68 valence electrons. The van der Waals surface area contributed by atoms with Crippen LogP contribution < -0.4 is 5.32 Å². The fourth-order valence-electron chi connectivity index (χ4n) is 2.49. The van der Waals surface area contributed by atoms with Gasteiger partial charge in [-0.15, -0.1) is 0 Å². The van der Waals surface area contributed by atoms with Crippen molar-refractivity contribution in [1.29, 1.82) is 0 Å². The number of carbonyl (C=O) groups excluding carboxylic acids is 1. The molecule has 1 N–H and O–H groups in total. The van der Waals surface area contributed by atoms with Crippen LogP contribution in [0.4, 0.5) is 0 Å². The molecule has 0 aromatic rings. The summed E-state index contributed by atoms with van der Waals surface area (Å²) in [5, 5.41) is 2.94. The van der Waals surface area contributed by atoms with Gasteiger partial charge in [0.25, 0.3) is 0 Å². The molecule has 0 saturated carbocycles. The quantitative estimate of drug-likeness (QED) is 0.561. The summed E-state index contributed by atoms with van der Waals surface area (Å²) in [4.78, 5) is 13.4. The zero-order valence-corrected chi connectivity index (χ0v) is 7.60. The maximum atomic E-state index is 11.1. The van der Waals surface area contributed by atoms with E-state index in [4.69, 9.17) is 0 Å². The third kappa shape index (κ3) is 1.33. The van der Waals surface area contributed by atoms with Crippen molar-refractivity contribution in [2.24, 2.45) is 5.41 Å². The number of carbonyl (C=O) groups is 1. The summed E-state index contributed by atoms with van der Waals surface area (Å²) >= 11 is 0. The molecular weight excluding hydrogens is 152 g/mol. The first-order valence-electron chi connectivity index (χ1n) is 4.66. The van der Waals surface area contributed by atoms with E-state index in [1.807, 2.05) is 0 Å². The lowest BCUT2D eigenvalue weighted by atomic mass is 9.79. The van der Waals surface area contributed by atoms with E-state index in [0.717, 1.165) is 19.5 Å². The van der Waals surface area contributed by atoms with E-state index < -0.39 is 0 Å². The molecule has 12 heavy (non-hydrogen) atoms. The minimum atomic E-state index is 0.241. The van der Waals surface area contributed by atoms with Gasteiger partial charge in [0.15, 0.2) is 0 Å². The molecular formula is C9H16N2O. The zero-order valence-electron chi connectivity index (χ0n) is 7.60. The Bertz CT molecular complexity index is 205. The van der Waals surface area contributed by atoms with Gasteiger partial charge in [-0.05, 0) is 26.4 Å². The molecule has 2 rings (SSSR count). The Labute approximate surface area is 73.1 Å². The molecule has 0 aliphatic carbocycles. The van der Waals surface area contributed by atoms with Crippen molar-refractivity contribution < 1.29 is 4.79 Å². The van der Waals surface area contributed by atoms with Crippen LogP contribution in [0.15, 0.2) is 0 Å². The maximum absolute atomic E-state index is 11.1. The van der Waals surface area contributed by atoms with Gasteiger partial charge in [0.05, 0.1) is 0 Å². The first-order valence-corrected chi connectivity index (χ1v) is 4.66. The van der Waals surface area contributed by atoms with Crippen molar-refractivity contribution in [3.63, 3.8) is 0 Å². The van der Waals surface area contributed by atoms with Gasteiger partial charge in [-0.3, -0.25) is 4.79 Å². The van der Waals surface area contributed by atoms with E-state index in [0.29, 0.717) is 0 Å². The highest BCUT2D eigenvalue weighted by Crippen LogP contribution is 2.35. The summed E-state index contributed by atoms with van der Waals surface area (Å²) in [5.41, 5.74) is 0.282. The molecule has 2 heterocycles. The number of nitrogens with zero attached hydrogens (tertiary/aromatic N) is 1. The Kier molecular flexibility index (Phi) is 1.83. The van der Waals surface area contributed by atoms with Crippen LogP contribution in [0, 0.1) is 5.41 Å². The molecule has 3 nitrogen and oxygen atoms in total. The van der Waals surface area contributed by atoms with E-state index in [-0.39, 0.29) is 11.3 Å². The third-order valence-corrected chi connectivity index (χ3v) is 3.05. The van der Waals surface area contributed by atoms with Crippen molar-refractivity contribution in [2.75, 3.05) is 26.7 Å². The van der Waals surface area contributed by atoms with E-state index in [9.17, 15) is 4.79 Å². The molecule has 0 bridgehead atoms. The summed E-state index contributed by atoms with van der Waals surface area (Å²) in [6, 6.07) is 0. The number of hydrogen-bond acceptors (Lipinski definition) is 2. The van der Waals surface area contributed by atoms with Crippen molar-refractivity contribution in [2.45, 2.75) is 19.3 Å².